The number of hydrogen-bond donors (Lipinski definition) is 0. The Kier molecular flexibility index (Phi) is 3.43. The first-order chi connectivity index (χ1) is 8.19. The standard InChI is InChI=1S/C17H18/c1-4-16-10-7-14(3)11-17(16)12-15-8-5-13(2)6-9-15/h4-11H,1,12H2,2-3H3. The van der Waals surface area contributed by atoms with Crippen molar-refractivity contribution in [2.24, 2.45) is 0 Å². The average molecular weight is 222 g/mol. The zero-order valence-corrected chi connectivity index (χ0v) is 10.5. The summed E-state index contributed by atoms with van der Waals surface area (Å²) in [6.07, 6.45) is 2.91. The molecule has 0 N–H and O–H groups in total. The smallest absolute Gasteiger partial charge is 0.00197 e. The van der Waals surface area contributed by atoms with Gasteiger partial charge in [-0.25, -0.2) is 0 Å². The van der Waals surface area contributed by atoms with Crippen molar-refractivity contribution in [1.82, 2.24) is 0 Å². The highest BCUT2D eigenvalue weighted by Gasteiger charge is 2.01. The molecule has 0 aliphatic rings. The van der Waals surface area contributed by atoms with E-state index in [0.29, 0.717) is 0 Å². The van der Waals surface area contributed by atoms with Gasteiger partial charge in [-0.1, -0.05) is 66.2 Å². The lowest BCUT2D eigenvalue weighted by Gasteiger charge is -2.08. The minimum absolute atomic E-state index is 0.976. The zero-order valence-electron chi connectivity index (χ0n) is 10.5. The lowest BCUT2D eigenvalue weighted by atomic mass is 9.97. The summed E-state index contributed by atoms with van der Waals surface area (Å²) in [4.78, 5) is 0. The third-order valence-electron chi connectivity index (χ3n) is 3.03. The van der Waals surface area contributed by atoms with E-state index in [1.165, 1.54) is 27.8 Å². The molecule has 0 nitrogen and oxygen atoms in total. The molecule has 0 aliphatic heterocycles. The van der Waals surface area contributed by atoms with Crippen LogP contribution in [-0.2, 0) is 6.42 Å². The molecule has 0 unspecified atom stereocenters. The predicted molar refractivity (Wildman–Crippen MR) is 75.3 cm³/mol. The molecule has 0 aliphatic carbocycles. The van der Waals surface area contributed by atoms with Crippen LogP contribution in [0.25, 0.3) is 6.08 Å². The van der Waals surface area contributed by atoms with Crippen molar-refractivity contribution in [2.45, 2.75) is 20.3 Å². The molecule has 0 saturated carbocycles. The van der Waals surface area contributed by atoms with Crippen LogP contribution in [0, 0.1) is 13.8 Å². The van der Waals surface area contributed by atoms with E-state index in [1.54, 1.807) is 0 Å². The maximum absolute atomic E-state index is 3.88. The van der Waals surface area contributed by atoms with E-state index >= 15 is 0 Å². The molecule has 0 amide bonds. The van der Waals surface area contributed by atoms with Crippen molar-refractivity contribution < 1.29 is 0 Å². The summed E-state index contributed by atoms with van der Waals surface area (Å²) in [5.74, 6) is 0. The minimum Gasteiger partial charge on any atom is -0.0985 e. The van der Waals surface area contributed by atoms with Crippen molar-refractivity contribution in [1.29, 1.82) is 0 Å². The summed E-state index contributed by atoms with van der Waals surface area (Å²) in [6.45, 7) is 8.12. The van der Waals surface area contributed by atoms with Crippen molar-refractivity contribution in [3.05, 3.63) is 76.9 Å². The highest BCUT2D eigenvalue weighted by molar-refractivity contribution is 5.54. The second kappa shape index (κ2) is 5.01. The quantitative estimate of drug-likeness (QED) is 0.715. The number of benzene rings is 2. The lowest BCUT2D eigenvalue weighted by molar-refractivity contribution is 1.17. The molecule has 86 valence electrons. The van der Waals surface area contributed by atoms with Gasteiger partial charge in [-0.15, -0.1) is 0 Å². The van der Waals surface area contributed by atoms with Gasteiger partial charge in [-0.3, -0.25) is 0 Å². The Morgan fingerprint density at radius 2 is 1.59 bits per heavy atom. The molecular formula is C17H18. The monoisotopic (exact) mass is 222 g/mol. The minimum atomic E-state index is 0.976. The van der Waals surface area contributed by atoms with E-state index in [1.807, 2.05) is 6.08 Å². The molecule has 0 heterocycles. The van der Waals surface area contributed by atoms with E-state index in [2.05, 4.69) is 62.9 Å². The topological polar surface area (TPSA) is 0 Å². The summed E-state index contributed by atoms with van der Waals surface area (Å²) in [7, 11) is 0. The van der Waals surface area contributed by atoms with Crippen molar-refractivity contribution in [3.8, 4) is 0 Å². The van der Waals surface area contributed by atoms with E-state index in [0.717, 1.165) is 6.42 Å². The van der Waals surface area contributed by atoms with Gasteiger partial charge in [0.2, 0.25) is 0 Å². The molecule has 0 bridgehead atoms. The van der Waals surface area contributed by atoms with Crippen LogP contribution in [-0.4, -0.2) is 0 Å². The lowest BCUT2D eigenvalue weighted by Crippen LogP contribution is -1.92. The summed E-state index contributed by atoms with van der Waals surface area (Å²) in [5.41, 5.74) is 6.55. The molecule has 0 spiro atoms. The number of rotatable bonds is 3. The van der Waals surface area contributed by atoms with Gasteiger partial charge in [0.1, 0.15) is 0 Å². The fraction of sp³-hybridized carbons (Fsp3) is 0.176. The summed E-state index contributed by atoms with van der Waals surface area (Å²) < 4.78 is 0. The molecule has 2 aromatic carbocycles. The van der Waals surface area contributed by atoms with Crippen LogP contribution in [0.2, 0.25) is 0 Å². The predicted octanol–water partition coefficient (Wildman–Crippen LogP) is 4.54. The molecule has 0 heteroatoms. The van der Waals surface area contributed by atoms with Gasteiger partial charge in [0.15, 0.2) is 0 Å². The van der Waals surface area contributed by atoms with E-state index in [4.69, 9.17) is 0 Å². The Morgan fingerprint density at radius 3 is 2.24 bits per heavy atom. The molecule has 17 heavy (non-hydrogen) atoms. The van der Waals surface area contributed by atoms with Gasteiger partial charge in [-0.05, 0) is 37.0 Å². The molecule has 0 radical (unpaired) electrons. The Labute approximate surface area is 104 Å². The Hall–Kier alpha value is -1.82. The fourth-order valence-corrected chi connectivity index (χ4v) is 2.01. The van der Waals surface area contributed by atoms with E-state index in [9.17, 15) is 0 Å². The fourth-order valence-electron chi connectivity index (χ4n) is 2.01. The van der Waals surface area contributed by atoms with Gasteiger partial charge in [0.25, 0.3) is 0 Å². The Balaban J connectivity index is 2.31. The third kappa shape index (κ3) is 2.85. The molecule has 0 fully saturated rings. The zero-order chi connectivity index (χ0) is 12.3. The van der Waals surface area contributed by atoms with Gasteiger partial charge < -0.3 is 0 Å². The van der Waals surface area contributed by atoms with E-state index < -0.39 is 0 Å². The Bertz CT molecular complexity index is 518. The van der Waals surface area contributed by atoms with Crippen LogP contribution in [0.5, 0.6) is 0 Å². The first kappa shape index (κ1) is 11.7. The summed E-state index contributed by atoms with van der Waals surface area (Å²) in [5, 5.41) is 0. The number of aryl methyl sites for hydroxylation is 2. The summed E-state index contributed by atoms with van der Waals surface area (Å²) >= 11 is 0. The highest BCUT2D eigenvalue weighted by Crippen LogP contribution is 2.17. The largest absolute Gasteiger partial charge is 0.0985 e. The molecule has 2 aromatic rings. The third-order valence-corrected chi connectivity index (χ3v) is 3.03. The summed E-state index contributed by atoms with van der Waals surface area (Å²) in [6, 6.07) is 15.3. The van der Waals surface area contributed by atoms with Gasteiger partial charge in [0.05, 0.1) is 0 Å². The maximum Gasteiger partial charge on any atom is -0.00197 e. The van der Waals surface area contributed by atoms with Crippen LogP contribution >= 0.6 is 0 Å². The normalized spacial score (nSPS) is 10.2. The number of hydrogen-bond acceptors (Lipinski definition) is 0. The van der Waals surface area contributed by atoms with Gasteiger partial charge >= 0.3 is 0 Å². The van der Waals surface area contributed by atoms with Gasteiger partial charge in [-0.2, -0.15) is 0 Å². The first-order valence-corrected chi connectivity index (χ1v) is 5.96. The van der Waals surface area contributed by atoms with Crippen molar-refractivity contribution in [3.63, 3.8) is 0 Å². The SMILES string of the molecule is C=Cc1ccc(C)cc1Cc1ccc(C)cc1. The highest BCUT2D eigenvalue weighted by atomic mass is 14.1. The van der Waals surface area contributed by atoms with Crippen LogP contribution in [0.1, 0.15) is 27.8 Å². The van der Waals surface area contributed by atoms with Crippen LogP contribution in [0.4, 0.5) is 0 Å². The second-order valence-electron chi connectivity index (χ2n) is 4.57. The average Bonchev–Trinajstić information content (AvgIpc) is 2.32. The van der Waals surface area contributed by atoms with Crippen molar-refractivity contribution in [2.75, 3.05) is 0 Å². The molecule has 0 saturated heterocycles. The van der Waals surface area contributed by atoms with E-state index in [-0.39, 0.29) is 0 Å². The van der Waals surface area contributed by atoms with Crippen LogP contribution in [0.3, 0.4) is 0 Å². The second-order valence-corrected chi connectivity index (χ2v) is 4.57. The van der Waals surface area contributed by atoms with Gasteiger partial charge in [0, 0.05) is 0 Å². The molecule has 2 rings (SSSR count). The van der Waals surface area contributed by atoms with Crippen LogP contribution in [0.15, 0.2) is 49.0 Å². The maximum atomic E-state index is 3.88. The molecule has 0 atom stereocenters. The Morgan fingerprint density at radius 1 is 0.941 bits per heavy atom. The van der Waals surface area contributed by atoms with Crippen LogP contribution < -0.4 is 0 Å². The van der Waals surface area contributed by atoms with Crippen molar-refractivity contribution >= 4 is 6.08 Å². The molecule has 0 aromatic heterocycles. The molecular weight excluding hydrogens is 204 g/mol. The first-order valence-electron chi connectivity index (χ1n) is 5.96.